The van der Waals surface area contributed by atoms with Crippen LogP contribution in [-0.2, 0) is 12.0 Å². The second-order valence-corrected chi connectivity index (χ2v) is 5.56. The van der Waals surface area contributed by atoms with Crippen LogP contribution in [0.1, 0.15) is 39.4 Å². The minimum absolute atomic E-state index is 0.0701. The van der Waals surface area contributed by atoms with Crippen molar-refractivity contribution in [3.05, 3.63) is 5.82 Å². The second-order valence-electron chi connectivity index (χ2n) is 5.56. The molecule has 0 unspecified atom stereocenters. The SMILES string of the molecule is CC(C)(C)n1nnc(CC2CCNCC2)n1. The molecule has 1 aromatic rings. The molecule has 5 nitrogen and oxygen atoms in total. The Hall–Kier alpha value is -0.970. The van der Waals surface area contributed by atoms with Crippen LogP contribution in [-0.4, -0.2) is 33.3 Å². The van der Waals surface area contributed by atoms with Gasteiger partial charge in [0.15, 0.2) is 5.82 Å². The summed E-state index contributed by atoms with van der Waals surface area (Å²) in [5.74, 6) is 1.61. The fourth-order valence-corrected chi connectivity index (χ4v) is 1.95. The van der Waals surface area contributed by atoms with Crippen LogP contribution in [0.3, 0.4) is 0 Å². The van der Waals surface area contributed by atoms with E-state index in [1.54, 1.807) is 4.80 Å². The lowest BCUT2D eigenvalue weighted by molar-refractivity contribution is 0.303. The smallest absolute Gasteiger partial charge is 0.175 e. The normalized spacial score (nSPS) is 18.9. The summed E-state index contributed by atoms with van der Waals surface area (Å²) >= 11 is 0. The summed E-state index contributed by atoms with van der Waals surface area (Å²) in [5, 5.41) is 16.1. The molecule has 0 radical (unpaired) electrons. The summed E-state index contributed by atoms with van der Waals surface area (Å²) in [6.07, 6.45) is 3.42. The fraction of sp³-hybridized carbons (Fsp3) is 0.909. The monoisotopic (exact) mass is 223 g/mol. The Balaban J connectivity index is 1.97. The summed E-state index contributed by atoms with van der Waals surface area (Å²) in [5.41, 5.74) is -0.0701. The summed E-state index contributed by atoms with van der Waals surface area (Å²) in [6, 6.07) is 0. The van der Waals surface area contributed by atoms with Crippen molar-refractivity contribution in [1.82, 2.24) is 25.5 Å². The molecule has 1 aliphatic heterocycles. The Morgan fingerprint density at radius 3 is 2.56 bits per heavy atom. The average molecular weight is 223 g/mol. The summed E-state index contributed by atoms with van der Waals surface area (Å²) in [4.78, 5) is 1.71. The van der Waals surface area contributed by atoms with Crippen LogP contribution < -0.4 is 5.32 Å². The van der Waals surface area contributed by atoms with Crippen molar-refractivity contribution in [2.45, 2.75) is 45.6 Å². The van der Waals surface area contributed by atoms with Crippen molar-refractivity contribution in [2.75, 3.05) is 13.1 Å². The maximum atomic E-state index is 4.45. The Kier molecular flexibility index (Phi) is 3.23. The Morgan fingerprint density at radius 1 is 1.31 bits per heavy atom. The van der Waals surface area contributed by atoms with Crippen molar-refractivity contribution in [2.24, 2.45) is 5.92 Å². The first-order chi connectivity index (χ1) is 7.55. The average Bonchev–Trinajstić information content (AvgIpc) is 2.67. The molecule has 1 aliphatic rings. The van der Waals surface area contributed by atoms with Crippen molar-refractivity contribution in [3.63, 3.8) is 0 Å². The first kappa shape index (κ1) is 11.5. The van der Waals surface area contributed by atoms with Crippen LogP contribution in [0.2, 0.25) is 0 Å². The van der Waals surface area contributed by atoms with Crippen LogP contribution in [0, 0.1) is 5.92 Å². The molecule has 5 heteroatoms. The molecule has 16 heavy (non-hydrogen) atoms. The van der Waals surface area contributed by atoms with E-state index in [4.69, 9.17) is 0 Å². The van der Waals surface area contributed by atoms with Crippen LogP contribution >= 0.6 is 0 Å². The lowest BCUT2D eigenvalue weighted by Crippen LogP contribution is -2.29. The zero-order chi connectivity index (χ0) is 11.6. The van der Waals surface area contributed by atoms with E-state index in [1.165, 1.54) is 12.8 Å². The first-order valence-corrected chi connectivity index (χ1v) is 6.06. The van der Waals surface area contributed by atoms with E-state index in [1.807, 2.05) is 0 Å². The third-order valence-corrected chi connectivity index (χ3v) is 2.99. The van der Waals surface area contributed by atoms with Crippen LogP contribution in [0.15, 0.2) is 0 Å². The van der Waals surface area contributed by atoms with Gasteiger partial charge in [-0.1, -0.05) is 0 Å². The molecule has 1 fully saturated rings. The highest BCUT2D eigenvalue weighted by Crippen LogP contribution is 2.16. The molecule has 1 aromatic heterocycles. The third-order valence-electron chi connectivity index (χ3n) is 2.99. The highest BCUT2D eigenvalue weighted by atomic mass is 15.6. The maximum absolute atomic E-state index is 4.45. The molecule has 0 aromatic carbocycles. The third kappa shape index (κ3) is 2.78. The van der Waals surface area contributed by atoms with Gasteiger partial charge in [0.25, 0.3) is 0 Å². The van der Waals surface area contributed by atoms with Gasteiger partial charge in [-0.05, 0) is 57.8 Å². The number of hydrogen-bond acceptors (Lipinski definition) is 4. The minimum atomic E-state index is -0.0701. The number of hydrogen-bond donors (Lipinski definition) is 1. The molecule has 0 aliphatic carbocycles. The predicted octanol–water partition coefficient (Wildman–Crippen LogP) is 0.970. The zero-order valence-electron chi connectivity index (χ0n) is 10.4. The van der Waals surface area contributed by atoms with Gasteiger partial charge in [0.2, 0.25) is 0 Å². The molecule has 0 saturated carbocycles. The maximum Gasteiger partial charge on any atom is 0.175 e. The van der Waals surface area contributed by atoms with E-state index in [9.17, 15) is 0 Å². The van der Waals surface area contributed by atoms with E-state index in [0.29, 0.717) is 0 Å². The molecule has 0 bridgehead atoms. The quantitative estimate of drug-likeness (QED) is 0.811. The fourth-order valence-electron chi connectivity index (χ4n) is 1.95. The van der Waals surface area contributed by atoms with Crippen LogP contribution in [0.5, 0.6) is 0 Å². The highest BCUT2D eigenvalue weighted by Gasteiger charge is 2.20. The number of rotatable bonds is 2. The number of piperidine rings is 1. The number of nitrogens with one attached hydrogen (secondary N) is 1. The van der Waals surface area contributed by atoms with Crippen LogP contribution in [0.4, 0.5) is 0 Å². The van der Waals surface area contributed by atoms with Gasteiger partial charge in [-0.2, -0.15) is 4.80 Å². The number of nitrogens with zero attached hydrogens (tertiary/aromatic N) is 4. The van der Waals surface area contributed by atoms with E-state index >= 15 is 0 Å². The minimum Gasteiger partial charge on any atom is -0.317 e. The summed E-state index contributed by atoms with van der Waals surface area (Å²) in [6.45, 7) is 8.51. The lowest BCUT2D eigenvalue weighted by atomic mass is 9.94. The Bertz CT molecular complexity index is 332. The summed E-state index contributed by atoms with van der Waals surface area (Å²) in [7, 11) is 0. The van der Waals surface area contributed by atoms with Gasteiger partial charge < -0.3 is 5.32 Å². The van der Waals surface area contributed by atoms with Crippen molar-refractivity contribution in [1.29, 1.82) is 0 Å². The lowest BCUT2D eigenvalue weighted by Gasteiger charge is -2.21. The van der Waals surface area contributed by atoms with E-state index in [0.717, 1.165) is 31.3 Å². The highest BCUT2D eigenvalue weighted by molar-refractivity contribution is 4.84. The molecule has 1 saturated heterocycles. The zero-order valence-corrected chi connectivity index (χ0v) is 10.4. The van der Waals surface area contributed by atoms with Gasteiger partial charge in [-0.3, -0.25) is 0 Å². The Labute approximate surface area is 96.6 Å². The Morgan fingerprint density at radius 2 is 2.00 bits per heavy atom. The van der Waals surface area contributed by atoms with Crippen LogP contribution in [0.25, 0.3) is 0 Å². The molecule has 0 amide bonds. The number of tetrazole rings is 1. The van der Waals surface area contributed by atoms with Gasteiger partial charge in [-0.25, -0.2) is 0 Å². The largest absolute Gasteiger partial charge is 0.317 e. The first-order valence-electron chi connectivity index (χ1n) is 6.06. The van der Waals surface area contributed by atoms with E-state index in [-0.39, 0.29) is 5.54 Å². The topological polar surface area (TPSA) is 55.6 Å². The standard InChI is InChI=1S/C11H21N5/c1-11(2,3)16-14-10(13-15-16)8-9-4-6-12-7-5-9/h9,12H,4-8H2,1-3H3. The molecular weight excluding hydrogens is 202 g/mol. The predicted molar refractivity (Wildman–Crippen MR) is 62.1 cm³/mol. The molecule has 2 heterocycles. The van der Waals surface area contributed by atoms with Crippen molar-refractivity contribution >= 4 is 0 Å². The molecule has 1 N–H and O–H groups in total. The van der Waals surface area contributed by atoms with Gasteiger partial charge in [0, 0.05) is 6.42 Å². The van der Waals surface area contributed by atoms with E-state index in [2.05, 4.69) is 41.5 Å². The van der Waals surface area contributed by atoms with Gasteiger partial charge >= 0.3 is 0 Å². The van der Waals surface area contributed by atoms with Gasteiger partial charge in [0.05, 0.1) is 5.54 Å². The molecule has 90 valence electrons. The van der Waals surface area contributed by atoms with Crippen molar-refractivity contribution < 1.29 is 0 Å². The number of aromatic nitrogens is 4. The molecular formula is C11H21N5. The second kappa shape index (κ2) is 4.49. The van der Waals surface area contributed by atoms with Crippen molar-refractivity contribution in [3.8, 4) is 0 Å². The van der Waals surface area contributed by atoms with Gasteiger partial charge in [0.1, 0.15) is 0 Å². The van der Waals surface area contributed by atoms with Gasteiger partial charge in [-0.15, -0.1) is 10.2 Å². The summed E-state index contributed by atoms with van der Waals surface area (Å²) < 4.78 is 0. The molecule has 0 spiro atoms. The molecule has 2 rings (SSSR count). The van der Waals surface area contributed by atoms with E-state index < -0.39 is 0 Å². The molecule has 0 atom stereocenters.